The summed E-state index contributed by atoms with van der Waals surface area (Å²) >= 11 is 0. The quantitative estimate of drug-likeness (QED) is 0.729. The number of nitrogens with one attached hydrogen (secondary N) is 1. The molecule has 2 fully saturated rings. The van der Waals surface area contributed by atoms with Gasteiger partial charge in [0.1, 0.15) is 0 Å². The van der Waals surface area contributed by atoms with E-state index in [1.165, 1.54) is 0 Å². The molecule has 92 valence electrons. The van der Waals surface area contributed by atoms with Crippen molar-refractivity contribution in [1.82, 2.24) is 15.1 Å². The topological polar surface area (TPSA) is 35.6 Å². The van der Waals surface area contributed by atoms with E-state index >= 15 is 0 Å². The Balaban J connectivity index is 1.78. The number of rotatable bonds is 1. The average molecular weight is 225 g/mol. The Morgan fingerprint density at radius 3 is 2.56 bits per heavy atom. The molecular formula is C12H23N3O. The maximum atomic E-state index is 11.9. The van der Waals surface area contributed by atoms with Gasteiger partial charge in [0.25, 0.3) is 0 Å². The summed E-state index contributed by atoms with van der Waals surface area (Å²) < 4.78 is 0. The molecule has 2 amide bonds. The molecule has 0 aromatic carbocycles. The molecule has 0 aliphatic carbocycles. The maximum Gasteiger partial charge on any atom is 0.317 e. The second kappa shape index (κ2) is 5.04. The summed E-state index contributed by atoms with van der Waals surface area (Å²) in [4.78, 5) is 16.2. The Morgan fingerprint density at radius 1 is 1.25 bits per heavy atom. The zero-order chi connectivity index (χ0) is 11.5. The van der Waals surface area contributed by atoms with Gasteiger partial charge >= 0.3 is 6.03 Å². The lowest BCUT2D eigenvalue weighted by Crippen LogP contribution is -2.50. The van der Waals surface area contributed by atoms with E-state index in [-0.39, 0.29) is 6.03 Å². The number of nitrogens with zero attached hydrogens (tertiary/aromatic N) is 2. The molecule has 2 saturated heterocycles. The van der Waals surface area contributed by atoms with Crippen molar-refractivity contribution < 1.29 is 4.79 Å². The van der Waals surface area contributed by atoms with E-state index < -0.39 is 0 Å². The van der Waals surface area contributed by atoms with E-state index in [1.54, 1.807) is 0 Å². The van der Waals surface area contributed by atoms with Crippen molar-refractivity contribution in [3.63, 3.8) is 0 Å². The number of carbonyl (C=O) groups is 1. The summed E-state index contributed by atoms with van der Waals surface area (Å²) in [6, 6.07) is 1.11. The largest absolute Gasteiger partial charge is 0.335 e. The van der Waals surface area contributed by atoms with Crippen molar-refractivity contribution in [2.24, 2.45) is 0 Å². The zero-order valence-corrected chi connectivity index (χ0v) is 10.4. The Morgan fingerprint density at radius 2 is 1.94 bits per heavy atom. The summed E-state index contributed by atoms with van der Waals surface area (Å²) in [6.45, 7) is 5.20. The van der Waals surface area contributed by atoms with Crippen LogP contribution in [-0.4, -0.2) is 54.6 Å². The summed E-state index contributed by atoms with van der Waals surface area (Å²) in [5.74, 6) is 0. The third-order valence-corrected chi connectivity index (χ3v) is 3.93. The van der Waals surface area contributed by atoms with Crippen LogP contribution in [0.4, 0.5) is 4.79 Å². The first kappa shape index (κ1) is 11.7. The minimum atomic E-state index is 0.152. The predicted molar refractivity (Wildman–Crippen MR) is 64.5 cm³/mol. The summed E-state index contributed by atoms with van der Waals surface area (Å²) in [5, 5.41) is 3.17. The number of likely N-dealkylation sites (tertiary alicyclic amines) is 2. The molecule has 2 atom stereocenters. The fraction of sp³-hybridized carbons (Fsp3) is 0.917. The molecule has 0 aromatic rings. The molecule has 2 aliphatic heterocycles. The number of urea groups is 1. The number of carbonyl (C=O) groups excluding carboxylic acids is 1. The van der Waals surface area contributed by atoms with Gasteiger partial charge in [0.15, 0.2) is 0 Å². The minimum absolute atomic E-state index is 0.152. The first-order valence-corrected chi connectivity index (χ1v) is 6.42. The fourth-order valence-electron chi connectivity index (χ4n) is 2.61. The molecule has 0 bridgehead atoms. The second-order valence-corrected chi connectivity index (χ2v) is 5.19. The normalized spacial score (nSPS) is 31.8. The molecular weight excluding hydrogens is 202 g/mol. The maximum absolute atomic E-state index is 11.9. The number of amides is 2. The van der Waals surface area contributed by atoms with Crippen molar-refractivity contribution in [3.8, 4) is 0 Å². The van der Waals surface area contributed by atoms with Gasteiger partial charge in [-0.2, -0.15) is 0 Å². The second-order valence-electron chi connectivity index (χ2n) is 5.19. The summed E-state index contributed by atoms with van der Waals surface area (Å²) in [6.07, 6.45) is 4.49. The van der Waals surface area contributed by atoms with E-state index in [1.807, 2.05) is 4.90 Å². The SMILES string of the molecule is CC1CC(NC(=O)N2CCCC2)CCN1C. The van der Waals surface area contributed by atoms with Crippen LogP contribution in [0.1, 0.15) is 32.6 Å². The van der Waals surface area contributed by atoms with Crippen LogP contribution in [0.25, 0.3) is 0 Å². The molecule has 2 unspecified atom stereocenters. The van der Waals surface area contributed by atoms with E-state index in [0.717, 1.165) is 45.3 Å². The van der Waals surface area contributed by atoms with Crippen molar-refractivity contribution in [2.75, 3.05) is 26.7 Å². The van der Waals surface area contributed by atoms with Crippen molar-refractivity contribution >= 4 is 6.03 Å². The Kier molecular flexibility index (Phi) is 3.69. The Hall–Kier alpha value is -0.770. The third-order valence-electron chi connectivity index (χ3n) is 3.93. The van der Waals surface area contributed by atoms with Gasteiger partial charge in [-0.1, -0.05) is 0 Å². The van der Waals surface area contributed by atoms with Crippen LogP contribution >= 0.6 is 0 Å². The molecule has 0 radical (unpaired) electrons. The van der Waals surface area contributed by atoms with Crippen molar-refractivity contribution in [3.05, 3.63) is 0 Å². The zero-order valence-electron chi connectivity index (χ0n) is 10.4. The van der Waals surface area contributed by atoms with Crippen LogP contribution in [0.2, 0.25) is 0 Å². The predicted octanol–water partition coefficient (Wildman–Crippen LogP) is 1.27. The summed E-state index contributed by atoms with van der Waals surface area (Å²) in [7, 11) is 2.16. The molecule has 2 heterocycles. The van der Waals surface area contributed by atoms with Crippen LogP contribution in [0.3, 0.4) is 0 Å². The molecule has 0 aromatic heterocycles. The molecule has 0 saturated carbocycles. The van der Waals surface area contributed by atoms with E-state index in [9.17, 15) is 4.79 Å². The molecule has 1 N–H and O–H groups in total. The Labute approximate surface area is 98.0 Å². The van der Waals surface area contributed by atoms with Crippen LogP contribution < -0.4 is 5.32 Å². The number of hydrogen-bond acceptors (Lipinski definition) is 2. The van der Waals surface area contributed by atoms with Crippen LogP contribution in [0, 0.1) is 0 Å². The van der Waals surface area contributed by atoms with Gasteiger partial charge < -0.3 is 15.1 Å². The first-order chi connectivity index (χ1) is 7.66. The molecule has 4 nitrogen and oxygen atoms in total. The van der Waals surface area contributed by atoms with E-state index in [2.05, 4.69) is 24.2 Å². The van der Waals surface area contributed by atoms with Crippen LogP contribution in [0.5, 0.6) is 0 Å². The van der Waals surface area contributed by atoms with Gasteiger partial charge in [0.05, 0.1) is 0 Å². The van der Waals surface area contributed by atoms with Gasteiger partial charge in [-0.15, -0.1) is 0 Å². The van der Waals surface area contributed by atoms with Gasteiger partial charge in [-0.25, -0.2) is 4.79 Å². The standard InChI is InChI=1S/C12H23N3O/c1-10-9-11(5-8-14(10)2)13-12(16)15-6-3-4-7-15/h10-11H,3-9H2,1-2H3,(H,13,16). The van der Waals surface area contributed by atoms with E-state index in [0.29, 0.717) is 12.1 Å². The first-order valence-electron chi connectivity index (χ1n) is 6.42. The highest BCUT2D eigenvalue weighted by Gasteiger charge is 2.26. The molecule has 2 aliphatic rings. The lowest BCUT2D eigenvalue weighted by molar-refractivity contribution is 0.159. The smallest absolute Gasteiger partial charge is 0.317 e. The number of hydrogen-bond donors (Lipinski definition) is 1. The highest BCUT2D eigenvalue weighted by atomic mass is 16.2. The van der Waals surface area contributed by atoms with Gasteiger partial charge in [-0.05, 0) is 39.7 Å². The third kappa shape index (κ3) is 2.67. The molecule has 0 spiro atoms. The average Bonchev–Trinajstić information content (AvgIpc) is 2.77. The molecule has 2 rings (SSSR count). The van der Waals surface area contributed by atoms with Crippen LogP contribution in [0.15, 0.2) is 0 Å². The van der Waals surface area contributed by atoms with E-state index in [4.69, 9.17) is 0 Å². The van der Waals surface area contributed by atoms with Gasteiger partial charge in [-0.3, -0.25) is 0 Å². The lowest BCUT2D eigenvalue weighted by atomic mass is 9.99. The molecule has 4 heteroatoms. The highest BCUT2D eigenvalue weighted by molar-refractivity contribution is 5.74. The van der Waals surface area contributed by atoms with Crippen molar-refractivity contribution in [1.29, 1.82) is 0 Å². The molecule has 16 heavy (non-hydrogen) atoms. The minimum Gasteiger partial charge on any atom is -0.335 e. The van der Waals surface area contributed by atoms with Crippen LogP contribution in [-0.2, 0) is 0 Å². The van der Waals surface area contributed by atoms with Crippen molar-refractivity contribution in [2.45, 2.75) is 44.7 Å². The fourth-order valence-corrected chi connectivity index (χ4v) is 2.61. The number of piperidine rings is 1. The Bertz CT molecular complexity index is 251. The monoisotopic (exact) mass is 225 g/mol. The highest BCUT2D eigenvalue weighted by Crippen LogP contribution is 2.16. The van der Waals surface area contributed by atoms with Gasteiger partial charge in [0, 0.05) is 31.7 Å². The lowest BCUT2D eigenvalue weighted by Gasteiger charge is -2.35. The van der Waals surface area contributed by atoms with Gasteiger partial charge in [0.2, 0.25) is 0 Å². The summed E-state index contributed by atoms with van der Waals surface area (Å²) in [5.41, 5.74) is 0.